The Kier molecular flexibility index (Phi) is 4.85. The van der Waals surface area contributed by atoms with Gasteiger partial charge in [-0.2, -0.15) is 9.61 Å². The van der Waals surface area contributed by atoms with Gasteiger partial charge in [0.05, 0.1) is 12.1 Å². The van der Waals surface area contributed by atoms with E-state index in [1.165, 1.54) is 25.7 Å². The van der Waals surface area contributed by atoms with Crippen LogP contribution in [-0.2, 0) is 4.79 Å². The van der Waals surface area contributed by atoms with Crippen LogP contribution < -0.4 is 10.2 Å². The van der Waals surface area contributed by atoms with Crippen LogP contribution in [0.4, 0.5) is 5.82 Å². The third-order valence-corrected chi connectivity index (χ3v) is 5.59. The molecule has 134 valence electrons. The Labute approximate surface area is 148 Å². The van der Waals surface area contributed by atoms with Crippen molar-refractivity contribution >= 4 is 17.4 Å². The summed E-state index contributed by atoms with van der Waals surface area (Å²) >= 11 is 0. The van der Waals surface area contributed by atoms with E-state index in [0.29, 0.717) is 6.04 Å². The Hall–Kier alpha value is -2.11. The van der Waals surface area contributed by atoms with E-state index in [1.54, 1.807) is 6.20 Å². The lowest BCUT2D eigenvalue weighted by Crippen LogP contribution is -2.46. The van der Waals surface area contributed by atoms with Crippen LogP contribution in [0.1, 0.15) is 51.4 Å². The first kappa shape index (κ1) is 16.4. The summed E-state index contributed by atoms with van der Waals surface area (Å²) in [6.07, 6.45) is 13.0. The molecule has 1 atom stereocenters. The van der Waals surface area contributed by atoms with Gasteiger partial charge in [-0.15, -0.1) is 0 Å². The predicted molar refractivity (Wildman–Crippen MR) is 97.6 cm³/mol. The van der Waals surface area contributed by atoms with Gasteiger partial charge in [0.25, 0.3) is 0 Å². The van der Waals surface area contributed by atoms with Crippen molar-refractivity contribution in [1.29, 1.82) is 0 Å². The molecule has 6 nitrogen and oxygen atoms in total. The van der Waals surface area contributed by atoms with E-state index in [9.17, 15) is 4.79 Å². The van der Waals surface area contributed by atoms with Gasteiger partial charge in [-0.1, -0.05) is 25.7 Å². The fourth-order valence-electron chi connectivity index (χ4n) is 4.20. The Bertz CT molecular complexity index is 719. The van der Waals surface area contributed by atoms with Crippen LogP contribution in [0.3, 0.4) is 0 Å². The fraction of sp³-hybridized carbons (Fsp3) is 0.632. The van der Waals surface area contributed by atoms with E-state index < -0.39 is 0 Å². The van der Waals surface area contributed by atoms with Gasteiger partial charge in [-0.3, -0.25) is 4.79 Å². The smallest absolute Gasteiger partial charge is 0.225 e. The van der Waals surface area contributed by atoms with Crippen molar-refractivity contribution in [3.63, 3.8) is 0 Å². The summed E-state index contributed by atoms with van der Waals surface area (Å²) in [6.45, 7) is 1.73. The summed E-state index contributed by atoms with van der Waals surface area (Å²) in [6, 6.07) is 4.28. The molecule has 1 saturated carbocycles. The first-order valence-corrected chi connectivity index (χ1v) is 9.65. The predicted octanol–water partition coefficient (Wildman–Crippen LogP) is 2.78. The van der Waals surface area contributed by atoms with Gasteiger partial charge in [-0.05, 0) is 31.7 Å². The number of anilines is 1. The molecular weight excluding hydrogens is 314 g/mol. The van der Waals surface area contributed by atoms with Crippen molar-refractivity contribution in [1.82, 2.24) is 19.9 Å². The van der Waals surface area contributed by atoms with Gasteiger partial charge >= 0.3 is 0 Å². The standard InChI is InChI=1S/C19H27N5O/c25-19(22-16-7-3-1-2-4-8-16)15-6-5-13-23(14-15)18-10-11-20-17-9-12-21-24(17)18/h9-12,15-16H,1-8,13-14H2,(H,22,25). The van der Waals surface area contributed by atoms with E-state index >= 15 is 0 Å². The van der Waals surface area contributed by atoms with Crippen molar-refractivity contribution in [2.24, 2.45) is 5.92 Å². The first-order valence-electron chi connectivity index (χ1n) is 9.65. The van der Waals surface area contributed by atoms with E-state index in [0.717, 1.165) is 50.2 Å². The zero-order chi connectivity index (χ0) is 17.1. The maximum absolute atomic E-state index is 12.8. The SMILES string of the molecule is O=C(NC1CCCCCC1)C1CCCN(c2ccnc3ccnn23)C1. The lowest BCUT2D eigenvalue weighted by atomic mass is 9.96. The average Bonchev–Trinajstić information content (AvgIpc) is 2.99. The van der Waals surface area contributed by atoms with E-state index in [1.807, 2.05) is 22.8 Å². The Morgan fingerprint density at radius 1 is 1.04 bits per heavy atom. The molecular formula is C19H27N5O. The van der Waals surface area contributed by atoms with Gasteiger partial charge in [-0.25, -0.2) is 4.98 Å². The summed E-state index contributed by atoms with van der Waals surface area (Å²) in [5.41, 5.74) is 0.850. The molecule has 4 rings (SSSR count). The van der Waals surface area contributed by atoms with Crippen LogP contribution in [0.2, 0.25) is 0 Å². The number of carbonyl (C=O) groups is 1. The molecule has 1 aliphatic carbocycles. The summed E-state index contributed by atoms with van der Waals surface area (Å²) in [7, 11) is 0. The zero-order valence-corrected chi connectivity index (χ0v) is 14.7. The molecule has 1 unspecified atom stereocenters. The molecule has 2 aromatic heterocycles. The Balaban J connectivity index is 1.43. The summed E-state index contributed by atoms with van der Waals surface area (Å²) in [4.78, 5) is 19.4. The number of nitrogens with zero attached hydrogens (tertiary/aromatic N) is 4. The minimum atomic E-state index is 0.0655. The highest BCUT2D eigenvalue weighted by Gasteiger charge is 2.28. The molecule has 2 aromatic rings. The van der Waals surface area contributed by atoms with Crippen molar-refractivity contribution < 1.29 is 4.79 Å². The molecule has 1 saturated heterocycles. The van der Waals surface area contributed by atoms with E-state index in [2.05, 4.69) is 20.3 Å². The monoisotopic (exact) mass is 341 g/mol. The maximum Gasteiger partial charge on any atom is 0.225 e. The van der Waals surface area contributed by atoms with E-state index in [-0.39, 0.29) is 11.8 Å². The minimum Gasteiger partial charge on any atom is -0.356 e. The number of amides is 1. The summed E-state index contributed by atoms with van der Waals surface area (Å²) in [5.74, 6) is 1.33. The van der Waals surface area contributed by atoms with Gasteiger partial charge in [0, 0.05) is 31.4 Å². The van der Waals surface area contributed by atoms with Crippen LogP contribution in [-0.4, -0.2) is 39.6 Å². The van der Waals surface area contributed by atoms with Crippen molar-refractivity contribution in [2.75, 3.05) is 18.0 Å². The quantitative estimate of drug-likeness (QED) is 0.872. The number of hydrogen-bond acceptors (Lipinski definition) is 4. The molecule has 25 heavy (non-hydrogen) atoms. The molecule has 1 N–H and O–H groups in total. The third-order valence-electron chi connectivity index (χ3n) is 5.59. The maximum atomic E-state index is 12.8. The molecule has 1 amide bonds. The molecule has 0 spiro atoms. The van der Waals surface area contributed by atoms with Crippen LogP contribution in [0.5, 0.6) is 0 Å². The summed E-state index contributed by atoms with van der Waals surface area (Å²) < 4.78 is 1.87. The molecule has 2 aliphatic rings. The van der Waals surface area contributed by atoms with Gasteiger partial charge in [0.15, 0.2) is 5.65 Å². The largest absolute Gasteiger partial charge is 0.356 e. The normalized spacial score (nSPS) is 22.7. The minimum absolute atomic E-state index is 0.0655. The van der Waals surface area contributed by atoms with Crippen LogP contribution in [0.25, 0.3) is 5.65 Å². The fourth-order valence-corrected chi connectivity index (χ4v) is 4.20. The van der Waals surface area contributed by atoms with E-state index in [4.69, 9.17) is 0 Å². The molecule has 1 aliphatic heterocycles. The number of fused-ring (bicyclic) bond motifs is 1. The molecule has 0 bridgehead atoms. The second kappa shape index (κ2) is 7.42. The van der Waals surface area contributed by atoms with Gasteiger partial charge < -0.3 is 10.2 Å². The second-order valence-electron chi connectivity index (χ2n) is 7.39. The number of rotatable bonds is 3. The van der Waals surface area contributed by atoms with Gasteiger partial charge in [0.1, 0.15) is 5.82 Å². The van der Waals surface area contributed by atoms with Crippen molar-refractivity contribution in [3.05, 3.63) is 24.5 Å². The molecule has 3 heterocycles. The first-order chi connectivity index (χ1) is 12.3. The van der Waals surface area contributed by atoms with Crippen LogP contribution in [0.15, 0.2) is 24.5 Å². The number of nitrogens with one attached hydrogen (secondary N) is 1. The molecule has 0 aromatic carbocycles. The highest BCUT2D eigenvalue weighted by atomic mass is 16.2. The number of hydrogen-bond donors (Lipinski definition) is 1. The van der Waals surface area contributed by atoms with Crippen molar-refractivity contribution in [3.8, 4) is 0 Å². The molecule has 6 heteroatoms. The lowest BCUT2D eigenvalue weighted by Gasteiger charge is -2.34. The number of aromatic nitrogens is 3. The summed E-state index contributed by atoms with van der Waals surface area (Å²) in [5, 5.41) is 7.71. The van der Waals surface area contributed by atoms with Crippen LogP contribution >= 0.6 is 0 Å². The van der Waals surface area contributed by atoms with Crippen LogP contribution in [0, 0.1) is 5.92 Å². The Morgan fingerprint density at radius 3 is 2.72 bits per heavy atom. The highest BCUT2D eigenvalue weighted by Crippen LogP contribution is 2.24. The lowest BCUT2D eigenvalue weighted by molar-refractivity contribution is -0.126. The van der Waals surface area contributed by atoms with Crippen molar-refractivity contribution in [2.45, 2.75) is 57.4 Å². The number of piperidine rings is 1. The third kappa shape index (κ3) is 3.62. The van der Waals surface area contributed by atoms with Gasteiger partial charge in [0.2, 0.25) is 5.91 Å². The molecule has 0 radical (unpaired) electrons. The highest BCUT2D eigenvalue weighted by molar-refractivity contribution is 5.79. The Morgan fingerprint density at radius 2 is 1.88 bits per heavy atom. The number of carbonyl (C=O) groups excluding carboxylic acids is 1. The zero-order valence-electron chi connectivity index (χ0n) is 14.7. The average molecular weight is 341 g/mol. The topological polar surface area (TPSA) is 62.5 Å². The second-order valence-corrected chi connectivity index (χ2v) is 7.39. The molecule has 2 fully saturated rings.